The SMILES string of the molecule is CC(C)CCCC(F)C(C)(F)C(F)(F)F. The van der Waals surface area contributed by atoms with Gasteiger partial charge in [-0.15, -0.1) is 0 Å². The Bertz CT molecular complexity index is 183. The lowest BCUT2D eigenvalue weighted by Gasteiger charge is -2.27. The van der Waals surface area contributed by atoms with E-state index in [1.807, 2.05) is 13.8 Å². The molecule has 0 amide bonds. The first-order valence-corrected chi connectivity index (χ1v) is 4.98. The molecule has 0 aromatic rings. The predicted molar refractivity (Wildman–Crippen MR) is 49.2 cm³/mol. The molecule has 0 aromatic heterocycles. The van der Waals surface area contributed by atoms with Crippen LogP contribution >= 0.6 is 0 Å². The lowest BCUT2D eigenvalue weighted by atomic mass is 9.95. The molecular formula is C10H17F5. The molecule has 92 valence electrons. The molecule has 0 aliphatic heterocycles. The molecule has 0 N–H and O–H groups in total. The van der Waals surface area contributed by atoms with Crippen molar-refractivity contribution in [1.29, 1.82) is 0 Å². The summed E-state index contributed by atoms with van der Waals surface area (Å²) in [6.07, 6.45) is -7.12. The molecule has 5 heteroatoms. The number of hydrogen-bond donors (Lipinski definition) is 0. The molecule has 0 aliphatic carbocycles. The van der Waals surface area contributed by atoms with Gasteiger partial charge in [0.25, 0.3) is 0 Å². The molecule has 0 bridgehead atoms. The van der Waals surface area contributed by atoms with E-state index in [0.717, 1.165) is 0 Å². The molecule has 0 saturated carbocycles. The van der Waals surface area contributed by atoms with Crippen molar-refractivity contribution < 1.29 is 22.0 Å². The Kier molecular flexibility index (Phi) is 5.00. The molecule has 0 radical (unpaired) electrons. The molecule has 0 aromatic carbocycles. The van der Waals surface area contributed by atoms with Gasteiger partial charge in [0.15, 0.2) is 0 Å². The Morgan fingerprint density at radius 2 is 1.47 bits per heavy atom. The van der Waals surface area contributed by atoms with Gasteiger partial charge in [0, 0.05) is 0 Å². The highest BCUT2D eigenvalue weighted by molar-refractivity contribution is 4.89. The van der Waals surface area contributed by atoms with Crippen molar-refractivity contribution in [3.63, 3.8) is 0 Å². The Labute approximate surface area is 86.9 Å². The molecule has 15 heavy (non-hydrogen) atoms. The molecule has 0 aliphatic rings. The van der Waals surface area contributed by atoms with Crippen LogP contribution in [-0.4, -0.2) is 18.0 Å². The highest BCUT2D eigenvalue weighted by Crippen LogP contribution is 2.39. The number of hydrogen-bond acceptors (Lipinski definition) is 0. The van der Waals surface area contributed by atoms with Gasteiger partial charge in [-0.3, -0.25) is 0 Å². The Morgan fingerprint density at radius 3 is 1.80 bits per heavy atom. The van der Waals surface area contributed by atoms with Crippen LogP contribution in [0.3, 0.4) is 0 Å². The maximum Gasteiger partial charge on any atom is 0.425 e. The third kappa shape index (κ3) is 4.34. The fraction of sp³-hybridized carbons (Fsp3) is 1.00. The summed E-state index contributed by atoms with van der Waals surface area (Å²) in [6.45, 7) is 4.02. The monoisotopic (exact) mass is 232 g/mol. The van der Waals surface area contributed by atoms with Gasteiger partial charge < -0.3 is 0 Å². The average molecular weight is 232 g/mol. The first-order chi connectivity index (χ1) is 6.59. The number of halogens is 5. The van der Waals surface area contributed by atoms with Crippen molar-refractivity contribution in [1.82, 2.24) is 0 Å². The zero-order valence-corrected chi connectivity index (χ0v) is 9.17. The summed E-state index contributed by atoms with van der Waals surface area (Å²) in [6, 6.07) is 0. The van der Waals surface area contributed by atoms with E-state index in [-0.39, 0.29) is 25.7 Å². The van der Waals surface area contributed by atoms with Gasteiger partial charge >= 0.3 is 6.18 Å². The van der Waals surface area contributed by atoms with E-state index in [2.05, 4.69) is 0 Å². The van der Waals surface area contributed by atoms with Crippen LogP contribution in [0.5, 0.6) is 0 Å². The topological polar surface area (TPSA) is 0 Å². The smallest absolute Gasteiger partial charge is 0.244 e. The van der Waals surface area contributed by atoms with Gasteiger partial charge in [-0.25, -0.2) is 8.78 Å². The fourth-order valence-electron chi connectivity index (χ4n) is 1.15. The van der Waals surface area contributed by atoms with Crippen molar-refractivity contribution in [2.75, 3.05) is 0 Å². The van der Waals surface area contributed by atoms with Crippen molar-refractivity contribution >= 4 is 0 Å². The summed E-state index contributed by atoms with van der Waals surface area (Å²) < 4.78 is 62.2. The maximum absolute atomic E-state index is 13.0. The van der Waals surface area contributed by atoms with Crippen LogP contribution < -0.4 is 0 Å². The zero-order chi connectivity index (χ0) is 12.3. The minimum atomic E-state index is -5.13. The molecule has 0 heterocycles. The number of rotatable bonds is 5. The predicted octanol–water partition coefficient (Wildman–Crippen LogP) is 4.44. The summed E-state index contributed by atoms with van der Waals surface area (Å²) in [5, 5.41) is 0. The molecule has 0 nitrogen and oxygen atoms in total. The van der Waals surface area contributed by atoms with Crippen molar-refractivity contribution in [3.05, 3.63) is 0 Å². The molecular weight excluding hydrogens is 215 g/mol. The molecule has 2 atom stereocenters. The summed E-state index contributed by atoms with van der Waals surface area (Å²) in [5.74, 6) is 0.286. The second kappa shape index (κ2) is 5.12. The Hall–Kier alpha value is -0.350. The van der Waals surface area contributed by atoms with E-state index in [0.29, 0.717) is 6.42 Å². The van der Waals surface area contributed by atoms with Crippen LogP contribution in [0.2, 0.25) is 0 Å². The standard InChI is InChI=1S/C10H17F5/c1-7(2)5-4-6-8(11)9(3,12)10(13,14)15/h7-8H,4-6H2,1-3H3. The molecule has 0 rings (SSSR count). The molecule has 2 unspecified atom stereocenters. The quantitative estimate of drug-likeness (QED) is 0.614. The highest BCUT2D eigenvalue weighted by Gasteiger charge is 2.57. The van der Waals surface area contributed by atoms with Crippen molar-refractivity contribution in [2.24, 2.45) is 5.92 Å². The van der Waals surface area contributed by atoms with Gasteiger partial charge in [0.1, 0.15) is 6.17 Å². The van der Waals surface area contributed by atoms with Crippen molar-refractivity contribution in [3.8, 4) is 0 Å². The highest BCUT2D eigenvalue weighted by atomic mass is 19.4. The van der Waals surface area contributed by atoms with E-state index >= 15 is 0 Å². The summed E-state index contributed by atoms with van der Waals surface area (Å²) in [4.78, 5) is 0. The molecule has 0 spiro atoms. The van der Waals surface area contributed by atoms with Gasteiger partial charge in [0.2, 0.25) is 5.67 Å². The van der Waals surface area contributed by atoms with Crippen LogP contribution in [0.1, 0.15) is 40.0 Å². The summed E-state index contributed by atoms with van der Waals surface area (Å²) in [7, 11) is 0. The number of alkyl halides is 5. The lowest BCUT2D eigenvalue weighted by Crippen LogP contribution is -2.46. The average Bonchev–Trinajstić information content (AvgIpc) is 2.01. The van der Waals surface area contributed by atoms with E-state index in [4.69, 9.17) is 0 Å². The largest absolute Gasteiger partial charge is 0.425 e. The first kappa shape index (κ1) is 14.6. The first-order valence-electron chi connectivity index (χ1n) is 4.98. The second-order valence-electron chi connectivity index (χ2n) is 4.37. The van der Waals surface area contributed by atoms with Crippen LogP contribution in [0.15, 0.2) is 0 Å². The van der Waals surface area contributed by atoms with Gasteiger partial charge in [-0.1, -0.05) is 26.7 Å². The molecule has 0 saturated heterocycles. The van der Waals surface area contributed by atoms with Gasteiger partial charge in [0.05, 0.1) is 0 Å². The third-order valence-corrected chi connectivity index (χ3v) is 2.38. The Morgan fingerprint density at radius 1 is 1.00 bits per heavy atom. The van der Waals surface area contributed by atoms with Crippen LogP contribution in [0.4, 0.5) is 22.0 Å². The molecule has 0 fully saturated rings. The van der Waals surface area contributed by atoms with Gasteiger partial charge in [-0.05, 0) is 19.3 Å². The van der Waals surface area contributed by atoms with Crippen LogP contribution in [-0.2, 0) is 0 Å². The second-order valence-corrected chi connectivity index (χ2v) is 4.37. The van der Waals surface area contributed by atoms with Crippen LogP contribution in [0, 0.1) is 5.92 Å². The van der Waals surface area contributed by atoms with Crippen molar-refractivity contribution in [2.45, 2.75) is 58.1 Å². The summed E-state index contributed by atoms with van der Waals surface area (Å²) >= 11 is 0. The normalized spacial score (nSPS) is 19.0. The fourth-order valence-corrected chi connectivity index (χ4v) is 1.15. The van der Waals surface area contributed by atoms with E-state index in [9.17, 15) is 22.0 Å². The zero-order valence-electron chi connectivity index (χ0n) is 9.17. The Balaban J connectivity index is 4.14. The summed E-state index contributed by atoms with van der Waals surface area (Å²) in [5.41, 5.74) is -3.73. The third-order valence-electron chi connectivity index (χ3n) is 2.38. The van der Waals surface area contributed by atoms with E-state index in [1.54, 1.807) is 0 Å². The minimum Gasteiger partial charge on any atom is -0.244 e. The van der Waals surface area contributed by atoms with Gasteiger partial charge in [-0.2, -0.15) is 13.2 Å². The van der Waals surface area contributed by atoms with E-state index < -0.39 is 18.0 Å². The van der Waals surface area contributed by atoms with E-state index in [1.165, 1.54) is 0 Å². The minimum absolute atomic E-state index is 0.257. The van der Waals surface area contributed by atoms with Crippen LogP contribution in [0.25, 0.3) is 0 Å². The maximum atomic E-state index is 13.0. The lowest BCUT2D eigenvalue weighted by molar-refractivity contribution is -0.243.